The third-order valence-electron chi connectivity index (χ3n) is 3.87. The Bertz CT molecular complexity index is 436. The van der Waals surface area contributed by atoms with Crippen LogP contribution in [0.25, 0.3) is 0 Å². The number of aromatic hydroxyl groups is 1. The third-order valence-corrected chi connectivity index (χ3v) is 3.87. The number of piperazine rings is 1. The molecule has 1 saturated heterocycles. The summed E-state index contributed by atoms with van der Waals surface area (Å²) >= 11 is 0. The maximum absolute atomic E-state index is 10.1. The van der Waals surface area contributed by atoms with Gasteiger partial charge in [0.15, 0.2) is 0 Å². The Hall–Kier alpha value is -1.26. The second-order valence-corrected chi connectivity index (χ2v) is 5.72. The van der Waals surface area contributed by atoms with Crippen LogP contribution in [0.5, 0.6) is 11.5 Å². The van der Waals surface area contributed by atoms with Gasteiger partial charge in [0.25, 0.3) is 0 Å². The quantitative estimate of drug-likeness (QED) is 0.896. The molecule has 2 rings (SSSR count). The van der Waals surface area contributed by atoms with Crippen LogP contribution in [0.2, 0.25) is 0 Å². The van der Waals surface area contributed by atoms with Crippen molar-refractivity contribution in [2.45, 2.75) is 32.9 Å². The summed E-state index contributed by atoms with van der Waals surface area (Å²) in [5.74, 6) is 1.09. The fourth-order valence-corrected chi connectivity index (χ4v) is 2.62. The van der Waals surface area contributed by atoms with E-state index in [0.29, 0.717) is 18.4 Å². The van der Waals surface area contributed by atoms with E-state index in [1.165, 1.54) is 0 Å². The number of phenols is 1. The topological polar surface area (TPSA) is 35.9 Å². The van der Waals surface area contributed by atoms with Crippen LogP contribution in [0.3, 0.4) is 0 Å². The molecule has 1 aliphatic rings. The molecular weight excluding hydrogens is 252 g/mol. The van der Waals surface area contributed by atoms with Crippen LogP contribution in [-0.2, 0) is 6.54 Å². The molecule has 1 N–H and O–H groups in total. The van der Waals surface area contributed by atoms with Crippen molar-refractivity contribution in [1.82, 2.24) is 9.80 Å². The molecule has 4 nitrogen and oxygen atoms in total. The smallest absolute Gasteiger partial charge is 0.123 e. The first-order chi connectivity index (χ1) is 9.60. The Morgan fingerprint density at radius 1 is 1.35 bits per heavy atom. The van der Waals surface area contributed by atoms with Gasteiger partial charge in [0.1, 0.15) is 11.5 Å². The molecule has 0 aromatic heterocycles. The van der Waals surface area contributed by atoms with Crippen molar-refractivity contribution in [3.63, 3.8) is 0 Å². The van der Waals surface area contributed by atoms with E-state index in [-0.39, 0.29) is 0 Å². The lowest BCUT2D eigenvalue weighted by atomic mass is 10.1. The SMILES string of the molecule is CCCOc1ccc(CN2CCN(C)CC2C)c(O)c1. The summed E-state index contributed by atoms with van der Waals surface area (Å²) in [6.07, 6.45) is 0.974. The van der Waals surface area contributed by atoms with Crippen molar-refractivity contribution in [2.24, 2.45) is 0 Å². The summed E-state index contributed by atoms with van der Waals surface area (Å²) in [4.78, 5) is 4.77. The highest BCUT2D eigenvalue weighted by molar-refractivity contribution is 5.39. The minimum Gasteiger partial charge on any atom is -0.507 e. The molecule has 0 saturated carbocycles. The Kier molecular flexibility index (Phi) is 5.26. The predicted octanol–water partition coefficient (Wildman–Crippen LogP) is 2.32. The summed E-state index contributed by atoms with van der Waals surface area (Å²) in [6.45, 7) is 9.02. The lowest BCUT2D eigenvalue weighted by Crippen LogP contribution is -2.49. The Morgan fingerprint density at radius 2 is 2.15 bits per heavy atom. The lowest BCUT2D eigenvalue weighted by molar-refractivity contribution is 0.0931. The zero-order valence-electron chi connectivity index (χ0n) is 12.8. The Morgan fingerprint density at radius 3 is 2.80 bits per heavy atom. The van der Waals surface area contributed by atoms with Crippen LogP contribution >= 0.6 is 0 Å². The van der Waals surface area contributed by atoms with Crippen LogP contribution in [-0.4, -0.2) is 54.2 Å². The number of rotatable bonds is 5. The van der Waals surface area contributed by atoms with Crippen molar-refractivity contribution in [1.29, 1.82) is 0 Å². The summed E-state index contributed by atoms with van der Waals surface area (Å²) in [5.41, 5.74) is 0.977. The first-order valence-corrected chi connectivity index (χ1v) is 7.47. The van der Waals surface area contributed by atoms with Gasteiger partial charge in [-0.2, -0.15) is 0 Å². The predicted molar refractivity (Wildman–Crippen MR) is 81.3 cm³/mol. The highest BCUT2D eigenvalue weighted by Gasteiger charge is 2.22. The molecule has 1 fully saturated rings. The van der Waals surface area contributed by atoms with E-state index in [1.54, 1.807) is 6.07 Å². The molecular formula is C16H26N2O2. The van der Waals surface area contributed by atoms with Gasteiger partial charge in [-0.1, -0.05) is 13.0 Å². The van der Waals surface area contributed by atoms with Crippen LogP contribution < -0.4 is 4.74 Å². The van der Waals surface area contributed by atoms with Gasteiger partial charge >= 0.3 is 0 Å². The van der Waals surface area contributed by atoms with Gasteiger partial charge in [0.05, 0.1) is 6.61 Å². The normalized spacial score (nSPS) is 21.1. The molecule has 1 heterocycles. The van der Waals surface area contributed by atoms with Gasteiger partial charge in [-0.15, -0.1) is 0 Å². The summed E-state index contributed by atoms with van der Waals surface area (Å²) in [6, 6.07) is 6.17. The average molecular weight is 278 g/mol. The summed E-state index contributed by atoms with van der Waals surface area (Å²) in [7, 11) is 2.16. The van der Waals surface area contributed by atoms with E-state index < -0.39 is 0 Å². The maximum Gasteiger partial charge on any atom is 0.123 e. The van der Waals surface area contributed by atoms with E-state index >= 15 is 0 Å². The molecule has 112 valence electrons. The zero-order valence-corrected chi connectivity index (χ0v) is 12.8. The highest BCUT2D eigenvalue weighted by atomic mass is 16.5. The van der Waals surface area contributed by atoms with Crippen LogP contribution in [0.15, 0.2) is 18.2 Å². The van der Waals surface area contributed by atoms with E-state index in [2.05, 4.69) is 30.7 Å². The first-order valence-electron chi connectivity index (χ1n) is 7.47. The second-order valence-electron chi connectivity index (χ2n) is 5.72. The van der Waals surface area contributed by atoms with E-state index in [9.17, 15) is 5.11 Å². The molecule has 0 bridgehead atoms. The number of phenolic OH excluding ortho intramolecular Hbond substituents is 1. The maximum atomic E-state index is 10.1. The molecule has 20 heavy (non-hydrogen) atoms. The molecule has 0 spiro atoms. The van der Waals surface area contributed by atoms with E-state index in [4.69, 9.17) is 4.74 Å². The number of likely N-dealkylation sites (N-methyl/N-ethyl adjacent to an activating group) is 1. The minimum atomic E-state index is 0.338. The summed E-state index contributed by atoms with van der Waals surface area (Å²) < 4.78 is 5.54. The molecule has 1 aromatic carbocycles. The van der Waals surface area contributed by atoms with E-state index in [0.717, 1.165) is 43.9 Å². The largest absolute Gasteiger partial charge is 0.507 e. The van der Waals surface area contributed by atoms with Gasteiger partial charge in [-0.3, -0.25) is 4.90 Å². The molecule has 0 aliphatic carbocycles. The van der Waals surface area contributed by atoms with Gasteiger partial charge in [-0.05, 0) is 26.5 Å². The van der Waals surface area contributed by atoms with Crippen LogP contribution in [0.1, 0.15) is 25.8 Å². The average Bonchev–Trinajstić information content (AvgIpc) is 2.42. The molecule has 0 radical (unpaired) electrons. The number of nitrogens with zero attached hydrogens (tertiary/aromatic N) is 2. The van der Waals surface area contributed by atoms with Crippen molar-refractivity contribution in [2.75, 3.05) is 33.3 Å². The number of ether oxygens (including phenoxy) is 1. The first kappa shape index (κ1) is 15.1. The zero-order chi connectivity index (χ0) is 14.5. The van der Waals surface area contributed by atoms with Crippen molar-refractivity contribution in [3.05, 3.63) is 23.8 Å². The standard InChI is InChI=1S/C16H26N2O2/c1-4-9-20-15-6-5-14(16(19)10-15)12-18-8-7-17(3)11-13(18)2/h5-6,10,13,19H,4,7-9,11-12H2,1-3H3. The monoisotopic (exact) mass is 278 g/mol. The van der Waals surface area contributed by atoms with Gasteiger partial charge < -0.3 is 14.7 Å². The number of hydrogen-bond donors (Lipinski definition) is 1. The highest BCUT2D eigenvalue weighted by Crippen LogP contribution is 2.26. The Balaban J connectivity index is 1.99. The summed E-state index contributed by atoms with van der Waals surface area (Å²) in [5, 5.41) is 10.1. The molecule has 0 amide bonds. The van der Waals surface area contributed by atoms with Crippen molar-refractivity contribution >= 4 is 0 Å². The molecule has 4 heteroatoms. The van der Waals surface area contributed by atoms with Crippen LogP contribution in [0.4, 0.5) is 0 Å². The lowest BCUT2D eigenvalue weighted by Gasteiger charge is -2.38. The number of hydrogen-bond acceptors (Lipinski definition) is 4. The van der Waals surface area contributed by atoms with Gasteiger partial charge in [0.2, 0.25) is 0 Å². The fraction of sp³-hybridized carbons (Fsp3) is 0.625. The molecule has 1 unspecified atom stereocenters. The second kappa shape index (κ2) is 6.95. The van der Waals surface area contributed by atoms with E-state index in [1.807, 2.05) is 12.1 Å². The van der Waals surface area contributed by atoms with Crippen LogP contribution in [0, 0.1) is 0 Å². The fourth-order valence-electron chi connectivity index (χ4n) is 2.62. The Labute approximate surface area is 122 Å². The van der Waals surface area contributed by atoms with Gasteiger partial charge in [-0.25, -0.2) is 0 Å². The minimum absolute atomic E-state index is 0.338. The molecule has 1 aliphatic heterocycles. The van der Waals surface area contributed by atoms with Gasteiger partial charge in [0, 0.05) is 43.9 Å². The third kappa shape index (κ3) is 3.87. The van der Waals surface area contributed by atoms with Crippen molar-refractivity contribution in [3.8, 4) is 11.5 Å². The number of benzene rings is 1. The van der Waals surface area contributed by atoms with Crippen molar-refractivity contribution < 1.29 is 9.84 Å². The molecule has 1 atom stereocenters. The molecule has 1 aromatic rings.